The van der Waals surface area contributed by atoms with Gasteiger partial charge in [-0.2, -0.15) is 5.10 Å². The molecule has 0 radical (unpaired) electrons. The Labute approximate surface area is 130 Å². The summed E-state index contributed by atoms with van der Waals surface area (Å²) in [4.78, 5) is 25.0. The fourth-order valence-corrected chi connectivity index (χ4v) is 3.45. The smallest absolute Gasteiger partial charge is 0.229 e. The van der Waals surface area contributed by atoms with Crippen molar-refractivity contribution in [2.45, 2.75) is 18.6 Å². The summed E-state index contributed by atoms with van der Waals surface area (Å²) in [6, 6.07) is 6.02. The lowest BCUT2D eigenvalue weighted by molar-refractivity contribution is -0.117. The molecule has 1 saturated heterocycles. The zero-order valence-corrected chi connectivity index (χ0v) is 12.7. The molecule has 22 heavy (non-hydrogen) atoms. The topological polar surface area (TPSA) is 66.1 Å². The number of nitrogens with one attached hydrogen (secondary N) is 1. The Kier molecular flexibility index (Phi) is 3.98. The van der Waals surface area contributed by atoms with E-state index >= 15 is 0 Å². The predicted molar refractivity (Wildman–Crippen MR) is 83.0 cm³/mol. The molecule has 1 aromatic carbocycles. The predicted octanol–water partition coefficient (Wildman–Crippen LogP) is 2.60. The average molecular weight is 319 g/mol. The Morgan fingerprint density at radius 3 is 2.82 bits per heavy atom. The van der Waals surface area contributed by atoms with E-state index in [-0.39, 0.29) is 22.1 Å². The van der Waals surface area contributed by atoms with E-state index in [1.165, 1.54) is 30.8 Å². The van der Waals surface area contributed by atoms with Crippen LogP contribution in [0.2, 0.25) is 0 Å². The van der Waals surface area contributed by atoms with Crippen molar-refractivity contribution in [1.82, 2.24) is 10.2 Å². The molecule has 7 heteroatoms. The summed E-state index contributed by atoms with van der Waals surface area (Å²) >= 11 is 1.19. The summed E-state index contributed by atoms with van der Waals surface area (Å²) in [5, 5.41) is 6.79. The van der Waals surface area contributed by atoms with Gasteiger partial charge in [-0.1, -0.05) is 23.9 Å². The second kappa shape index (κ2) is 5.92. The molecule has 1 atom stereocenters. The minimum atomic E-state index is -0.316. The quantitative estimate of drug-likeness (QED) is 0.944. The molecule has 114 valence electrons. The van der Waals surface area contributed by atoms with Gasteiger partial charge in [0.2, 0.25) is 5.91 Å². The Morgan fingerprint density at radius 1 is 1.41 bits per heavy atom. The van der Waals surface area contributed by atoms with Crippen LogP contribution in [0.5, 0.6) is 0 Å². The van der Waals surface area contributed by atoms with Crippen LogP contribution in [0.15, 0.2) is 30.5 Å². The Hall–Kier alpha value is -2.15. The van der Waals surface area contributed by atoms with Crippen LogP contribution in [-0.2, 0) is 9.59 Å². The highest BCUT2D eigenvalue weighted by Gasteiger charge is 2.34. The molecule has 1 N–H and O–H groups in total. The third kappa shape index (κ3) is 2.89. The lowest BCUT2D eigenvalue weighted by atomic mass is 10.1. The van der Waals surface area contributed by atoms with Crippen LogP contribution in [0.3, 0.4) is 0 Å². The van der Waals surface area contributed by atoms with E-state index in [2.05, 4.69) is 10.2 Å². The number of benzene rings is 1. The maximum Gasteiger partial charge on any atom is 0.229 e. The van der Waals surface area contributed by atoms with E-state index in [0.29, 0.717) is 18.8 Å². The van der Waals surface area contributed by atoms with Gasteiger partial charge in [0.25, 0.3) is 0 Å². The normalized spacial score (nSPS) is 18.0. The largest absolute Gasteiger partial charge is 0.296 e. The number of aromatic amines is 1. The molecular weight excluding hydrogens is 305 g/mol. The minimum absolute atomic E-state index is 0.00280. The van der Waals surface area contributed by atoms with Gasteiger partial charge >= 0.3 is 0 Å². The lowest BCUT2D eigenvalue weighted by Crippen LogP contribution is -2.25. The number of thioether (sulfide) groups is 1. The van der Waals surface area contributed by atoms with Gasteiger partial charge in [-0.15, -0.1) is 0 Å². The molecule has 0 spiro atoms. The highest BCUT2D eigenvalue weighted by molar-refractivity contribution is 8.14. The molecule has 0 saturated carbocycles. The standard InChI is InChI=1S/C15H14FN3O2S/c1-9(20)22-12-6-14(21)19(8-12)15-13(7-17-18-15)10-2-4-11(16)5-3-10/h2-5,7,12H,6,8H2,1H3,(H,17,18). The highest BCUT2D eigenvalue weighted by atomic mass is 32.2. The van der Waals surface area contributed by atoms with Crippen molar-refractivity contribution in [3.63, 3.8) is 0 Å². The van der Waals surface area contributed by atoms with Gasteiger partial charge < -0.3 is 0 Å². The molecule has 3 rings (SSSR count). The molecule has 0 aliphatic carbocycles. The van der Waals surface area contributed by atoms with Crippen molar-refractivity contribution >= 4 is 28.6 Å². The van der Waals surface area contributed by atoms with Crippen LogP contribution in [0, 0.1) is 5.82 Å². The molecule has 2 aromatic rings. The van der Waals surface area contributed by atoms with Crippen molar-refractivity contribution in [3.05, 3.63) is 36.3 Å². The maximum atomic E-state index is 13.0. The number of halogens is 1. The summed E-state index contributed by atoms with van der Waals surface area (Å²) in [6.07, 6.45) is 1.94. The fraction of sp³-hybridized carbons (Fsp3) is 0.267. The zero-order valence-electron chi connectivity index (χ0n) is 11.9. The SMILES string of the molecule is CC(=O)SC1CC(=O)N(c2[nH]ncc2-c2ccc(F)cc2)C1. The van der Waals surface area contributed by atoms with E-state index in [1.807, 2.05) is 0 Å². The molecule has 5 nitrogen and oxygen atoms in total. The number of rotatable bonds is 3. The first-order valence-electron chi connectivity index (χ1n) is 6.81. The summed E-state index contributed by atoms with van der Waals surface area (Å²) < 4.78 is 13.0. The number of anilines is 1. The van der Waals surface area contributed by atoms with Crippen LogP contribution < -0.4 is 4.90 Å². The number of H-pyrrole nitrogens is 1. The first-order chi connectivity index (χ1) is 10.5. The Bertz CT molecular complexity index is 714. The van der Waals surface area contributed by atoms with E-state index in [4.69, 9.17) is 0 Å². The van der Waals surface area contributed by atoms with Crippen molar-refractivity contribution in [2.24, 2.45) is 0 Å². The molecule has 1 aromatic heterocycles. The number of amides is 1. The number of carbonyl (C=O) groups excluding carboxylic acids is 2. The molecule has 0 bridgehead atoms. The van der Waals surface area contributed by atoms with Gasteiger partial charge in [-0.25, -0.2) is 4.39 Å². The van der Waals surface area contributed by atoms with Crippen LogP contribution in [-0.4, -0.2) is 33.0 Å². The van der Waals surface area contributed by atoms with Crippen molar-refractivity contribution in [3.8, 4) is 11.1 Å². The van der Waals surface area contributed by atoms with Crippen molar-refractivity contribution in [2.75, 3.05) is 11.4 Å². The molecule has 1 aliphatic heterocycles. The number of carbonyl (C=O) groups is 2. The second-order valence-electron chi connectivity index (χ2n) is 5.08. The summed E-state index contributed by atoms with van der Waals surface area (Å²) in [5.41, 5.74) is 1.52. The molecule has 1 fully saturated rings. The third-order valence-electron chi connectivity index (χ3n) is 3.47. The Balaban J connectivity index is 1.87. The van der Waals surface area contributed by atoms with Crippen LogP contribution in [0.1, 0.15) is 13.3 Å². The monoisotopic (exact) mass is 319 g/mol. The van der Waals surface area contributed by atoms with E-state index in [9.17, 15) is 14.0 Å². The highest BCUT2D eigenvalue weighted by Crippen LogP contribution is 2.34. The lowest BCUT2D eigenvalue weighted by Gasteiger charge is -2.16. The number of aromatic nitrogens is 2. The van der Waals surface area contributed by atoms with Crippen LogP contribution in [0.4, 0.5) is 10.2 Å². The summed E-state index contributed by atoms with van der Waals surface area (Å²) in [5.74, 6) is 0.221. The van der Waals surface area contributed by atoms with Gasteiger partial charge in [0, 0.05) is 30.7 Å². The van der Waals surface area contributed by atoms with Gasteiger partial charge in [-0.3, -0.25) is 19.6 Å². The maximum absolute atomic E-state index is 13.0. The van der Waals surface area contributed by atoms with Gasteiger partial charge in [0.15, 0.2) is 5.12 Å². The van der Waals surface area contributed by atoms with Crippen LogP contribution in [0.25, 0.3) is 11.1 Å². The molecule has 1 amide bonds. The van der Waals surface area contributed by atoms with E-state index < -0.39 is 0 Å². The molecule has 2 heterocycles. The average Bonchev–Trinajstić information content (AvgIpc) is 3.05. The summed E-state index contributed by atoms with van der Waals surface area (Å²) in [7, 11) is 0. The van der Waals surface area contributed by atoms with E-state index in [1.54, 1.807) is 23.2 Å². The molecular formula is C15H14FN3O2S. The third-order valence-corrected chi connectivity index (χ3v) is 4.45. The van der Waals surface area contributed by atoms with Gasteiger partial charge in [-0.05, 0) is 17.7 Å². The minimum Gasteiger partial charge on any atom is -0.296 e. The summed E-state index contributed by atoms with van der Waals surface area (Å²) in [6.45, 7) is 1.96. The zero-order chi connectivity index (χ0) is 15.7. The Morgan fingerprint density at radius 2 is 2.14 bits per heavy atom. The molecule has 1 aliphatic rings. The fourth-order valence-electron chi connectivity index (χ4n) is 2.53. The van der Waals surface area contributed by atoms with E-state index in [0.717, 1.165) is 11.1 Å². The van der Waals surface area contributed by atoms with Crippen molar-refractivity contribution in [1.29, 1.82) is 0 Å². The first kappa shape index (κ1) is 14.8. The van der Waals surface area contributed by atoms with Crippen molar-refractivity contribution < 1.29 is 14.0 Å². The molecule has 1 unspecified atom stereocenters. The number of hydrogen-bond acceptors (Lipinski definition) is 4. The second-order valence-corrected chi connectivity index (χ2v) is 6.56. The number of nitrogens with zero attached hydrogens (tertiary/aromatic N) is 2. The van der Waals surface area contributed by atoms with Gasteiger partial charge in [0.05, 0.1) is 6.20 Å². The van der Waals surface area contributed by atoms with Gasteiger partial charge in [0.1, 0.15) is 11.6 Å². The number of hydrogen-bond donors (Lipinski definition) is 1. The first-order valence-corrected chi connectivity index (χ1v) is 7.69. The van der Waals surface area contributed by atoms with Crippen LogP contribution >= 0.6 is 11.8 Å².